The Hall–Kier alpha value is -2.10. The highest BCUT2D eigenvalue weighted by Gasteiger charge is 2.13. The van der Waals surface area contributed by atoms with E-state index >= 15 is 0 Å². The van der Waals surface area contributed by atoms with Gasteiger partial charge in [-0.05, 0) is 26.0 Å². The molecule has 1 aromatic heterocycles. The van der Waals surface area contributed by atoms with Crippen molar-refractivity contribution in [2.24, 2.45) is 0 Å². The van der Waals surface area contributed by atoms with Crippen molar-refractivity contribution in [3.8, 4) is 0 Å². The third-order valence-corrected chi connectivity index (χ3v) is 2.54. The fraction of sp³-hybridized carbons (Fsp3) is 0.231. The molecule has 0 unspecified atom stereocenters. The first-order valence-electron chi connectivity index (χ1n) is 5.44. The molecule has 0 radical (unpaired) electrons. The zero-order valence-corrected chi connectivity index (χ0v) is 9.74. The number of hydrogen-bond acceptors (Lipinski definition) is 4. The highest BCUT2D eigenvalue weighted by molar-refractivity contribution is 5.89. The Morgan fingerprint density at radius 3 is 2.82 bits per heavy atom. The van der Waals surface area contributed by atoms with Crippen LogP contribution < -0.4 is 10.7 Å². The molecule has 0 bridgehead atoms. The average Bonchev–Trinajstić information content (AvgIpc) is 2.31. The first kappa shape index (κ1) is 11.4. The van der Waals surface area contributed by atoms with E-state index in [1.807, 2.05) is 19.9 Å². The van der Waals surface area contributed by atoms with Crippen LogP contribution in [0, 0.1) is 6.92 Å². The van der Waals surface area contributed by atoms with Crippen molar-refractivity contribution in [3.05, 3.63) is 39.5 Å². The molecule has 88 valence electrons. The second-order valence-electron chi connectivity index (χ2n) is 3.82. The molecule has 0 aliphatic carbocycles. The monoisotopic (exact) mass is 231 g/mol. The van der Waals surface area contributed by atoms with Gasteiger partial charge < -0.3 is 9.73 Å². The van der Waals surface area contributed by atoms with Crippen LogP contribution >= 0.6 is 0 Å². The SMILES string of the molecule is CCNc1oc2ccc(C)cc2c(=O)c1C=O. The number of hydrogen-bond donors (Lipinski definition) is 1. The molecule has 0 atom stereocenters. The predicted molar refractivity (Wildman–Crippen MR) is 66.8 cm³/mol. The van der Waals surface area contributed by atoms with E-state index < -0.39 is 0 Å². The lowest BCUT2D eigenvalue weighted by Crippen LogP contribution is -2.13. The highest BCUT2D eigenvalue weighted by Crippen LogP contribution is 2.19. The maximum atomic E-state index is 12.1. The fourth-order valence-corrected chi connectivity index (χ4v) is 1.72. The second-order valence-corrected chi connectivity index (χ2v) is 3.82. The first-order chi connectivity index (χ1) is 8.17. The summed E-state index contributed by atoms with van der Waals surface area (Å²) in [7, 11) is 0. The summed E-state index contributed by atoms with van der Waals surface area (Å²) in [4.78, 5) is 23.0. The van der Waals surface area contributed by atoms with E-state index in [9.17, 15) is 9.59 Å². The maximum Gasteiger partial charge on any atom is 0.208 e. The summed E-state index contributed by atoms with van der Waals surface area (Å²) in [6.07, 6.45) is 0.533. The predicted octanol–water partition coefficient (Wildman–Crippen LogP) is 2.35. The largest absolute Gasteiger partial charge is 0.440 e. The summed E-state index contributed by atoms with van der Waals surface area (Å²) in [5.41, 5.74) is 1.20. The van der Waals surface area contributed by atoms with Gasteiger partial charge in [0.05, 0.1) is 5.39 Å². The Morgan fingerprint density at radius 2 is 2.18 bits per heavy atom. The van der Waals surface area contributed by atoms with Gasteiger partial charge in [0.25, 0.3) is 0 Å². The van der Waals surface area contributed by atoms with Gasteiger partial charge in [0, 0.05) is 6.54 Å². The molecule has 0 aliphatic heterocycles. The Balaban J connectivity index is 2.83. The smallest absolute Gasteiger partial charge is 0.208 e. The Morgan fingerprint density at radius 1 is 1.41 bits per heavy atom. The lowest BCUT2D eigenvalue weighted by atomic mass is 10.1. The average molecular weight is 231 g/mol. The standard InChI is InChI=1S/C13H13NO3/c1-3-14-13-10(7-15)12(16)9-6-8(2)4-5-11(9)17-13/h4-7,14H,3H2,1-2H3. The van der Waals surface area contributed by atoms with Gasteiger partial charge in [-0.15, -0.1) is 0 Å². The minimum Gasteiger partial charge on any atom is -0.440 e. The van der Waals surface area contributed by atoms with Gasteiger partial charge in [-0.25, -0.2) is 0 Å². The molecule has 2 rings (SSSR count). The number of anilines is 1. The normalized spacial score (nSPS) is 10.5. The van der Waals surface area contributed by atoms with Gasteiger partial charge in [-0.1, -0.05) is 11.6 Å². The van der Waals surface area contributed by atoms with Crippen LogP contribution in [0.2, 0.25) is 0 Å². The van der Waals surface area contributed by atoms with Crippen LogP contribution in [0.25, 0.3) is 11.0 Å². The topological polar surface area (TPSA) is 59.3 Å². The lowest BCUT2D eigenvalue weighted by Gasteiger charge is -2.07. The quantitative estimate of drug-likeness (QED) is 0.824. The molecule has 1 aromatic carbocycles. The van der Waals surface area contributed by atoms with Crippen LogP contribution in [-0.2, 0) is 0 Å². The van der Waals surface area contributed by atoms with Gasteiger partial charge in [0.2, 0.25) is 11.3 Å². The molecule has 0 aliphatic rings. The number of carbonyl (C=O) groups is 1. The van der Waals surface area contributed by atoms with Crippen LogP contribution in [0.5, 0.6) is 0 Å². The van der Waals surface area contributed by atoms with Gasteiger partial charge in [0.1, 0.15) is 11.1 Å². The summed E-state index contributed by atoms with van der Waals surface area (Å²) in [5, 5.41) is 3.32. The van der Waals surface area contributed by atoms with Crippen molar-refractivity contribution in [1.29, 1.82) is 0 Å². The van der Waals surface area contributed by atoms with E-state index in [-0.39, 0.29) is 16.9 Å². The van der Waals surface area contributed by atoms with Crippen LogP contribution in [-0.4, -0.2) is 12.8 Å². The molecular formula is C13H13NO3. The minimum atomic E-state index is -0.291. The molecule has 0 saturated carbocycles. The van der Waals surface area contributed by atoms with Crippen molar-refractivity contribution in [2.75, 3.05) is 11.9 Å². The number of nitrogens with one attached hydrogen (secondary N) is 1. The molecule has 0 amide bonds. The van der Waals surface area contributed by atoms with Crippen LogP contribution in [0.4, 0.5) is 5.88 Å². The molecule has 4 heteroatoms. The number of rotatable bonds is 3. The van der Waals surface area contributed by atoms with Crippen LogP contribution in [0.3, 0.4) is 0 Å². The van der Waals surface area contributed by atoms with Crippen molar-refractivity contribution >= 4 is 23.1 Å². The Bertz CT molecular complexity index is 628. The van der Waals surface area contributed by atoms with E-state index in [4.69, 9.17) is 4.42 Å². The summed E-state index contributed by atoms with van der Waals surface area (Å²) >= 11 is 0. The molecule has 17 heavy (non-hydrogen) atoms. The highest BCUT2D eigenvalue weighted by atomic mass is 16.3. The molecule has 0 fully saturated rings. The number of aryl methyl sites for hydroxylation is 1. The number of aldehydes is 1. The molecule has 1 N–H and O–H groups in total. The fourth-order valence-electron chi connectivity index (χ4n) is 1.72. The number of carbonyl (C=O) groups excluding carboxylic acids is 1. The maximum absolute atomic E-state index is 12.1. The minimum absolute atomic E-state index is 0.0463. The van der Waals surface area contributed by atoms with Crippen molar-refractivity contribution < 1.29 is 9.21 Å². The zero-order valence-electron chi connectivity index (χ0n) is 9.74. The molecule has 4 nitrogen and oxygen atoms in total. The molecular weight excluding hydrogens is 218 g/mol. The molecule has 1 heterocycles. The van der Waals surface area contributed by atoms with Crippen molar-refractivity contribution in [3.63, 3.8) is 0 Å². The summed E-state index contributed by atoms with van der Waals surface area (Å²) in [6.45, 7) is 4.34. The van der Waals surface area contributed by atoms with E-state index in [0.717, 1.165) is 5.56 Å². The lowest BCUT2D eigenvalue weighted by molar-refractivity contribution is 0.112. The van der Waals surface area contributed by atoms with E-state index in [1.54, 1.807) is 12.1 Å². The zero-order chi connectivity index (χ0) is 12.4. The van der Waals surface area contributed by atoms with Crippen molar-refractivity contribution in [2.45, 2.75) is 13.8 Å². The molecule has 0 spiro atoms. The molecule has 2 aromatic rings. The number of fused-ring (bicyclic) bond motifs is 1. The van der Waals surface area contributed by atoms with Gasteiger partial charge >= 0.3 is 0 Å². The van der Waals surface area contributed by atoms with Crippen LogP contribution in [0.1, 0.15) is 22.8 Å². The van der Waals surface area contributed by atoms with Gasteiger partial charge in [-0.3, -0.25) is 9.59 Å². The third kappa shape index (κ3) is 1.93. The summed E-state index contributed by atoms with van der Waals surface area (Å²) < 4.78 is 5.52. The summed E-state index contributed by atoms with van der Waals surface area (Å²) in [5.74, 6) is 0.240. The third-order valence-electron chi connectivity index (χ3n) is 2.54. The first-order valence-corrected chi connectivity index (χ1v) is 5.44. The second kappa shape index (κ2) is 4.41. The van der Waals surface area contributed by atoms with Crippen molar-refractivity contribution in [1.82, 2.24) is 0 Å². The Kier molecular flexibility index (Phi) is 2.95. The van der Waals surface area contributed by atoms with Crippen LogP contribution in [0.15, 0.2) is 27.4 Å². The molecule has 0 saturated heterocycles. The van der Waals surface area contributed by atoms with E-state index in [1.165, 1.54) is 0 Å². The summed E-state index contributed by atoms with van der Waals surface area (Å²) in [6, 6.07) is 5.33. The van der Waals surface area contributed by atoms with Gasteiger partial charge in [0.15, 0.2) is 6.29 Å². The van der Waals surface area contributed by atoms with E-state index in [2.05, 4.69) is 5.32 Å². The van der Waals surface area contributed by atoms with Gasteiger partial charge in [-0.2, -0.15) is 0 Å². The Labute approximate surface area is 98.3 Å². The number of benzene rings is 1. The van der Waals surface area contributed by atoms with E-state index in [0.29, 0.717) is 23.8 Å².